The average molecular weight is 249 g/mol. The normalized spacial score (nSPS) is 11.1. The predicted octanol–water partition coefficient (Wildman–Crippen LogP) is 4.09. The first-order valence-corrected chi connectivity index (χ1v) is 5.51. The van der Waals surface area contributed by atoms with E-state index < -0.39 is 0 Å². The highest BCUT2D eigenvalue weighted by molar-refractivity contribution is 6.46. The third-order valence-corrected chi connectivity index (χ3v) is 3.27. The maximum Gasteiger partial charge on any atom is 0.0932 e. The van der Waals surface area contributed by atoms with Crippen molar-refractivity contribution >= 4 is 45.0 Å². The molecule has 0 saturated carbocycles. The molecule has 2 aromatic heterocycles. The lowest BCUT2D eigenvalue weighted by molar-refractivity contribution is 1.39. The summed E-state index contributed by atoms with van der Waals surface area (Å²) in [7, 11) is 0. The van der Waals surface area contributed by atoms with Gasteiger partial charge in [0.2, 0.25) is 0 Å². The van der Waals surface area contributed by atoms with E-state index in [1.165, 1.54) is 0 Å². The van der Waals surface area contributed by atoms with Crippen LogP contribution in [0.5, 0.6) is 0 Å². The SMILES string of the molecule is Clc1c2cccnc2c(Cl)c2ncccc12. The number of halogens is 2. The third kappa shape index (κ3) is 1.27. The number of fused-ring (bicyclic) bond motifs is 2. The van der Waals surface area contributed by atoms with E-state index in [0.717, 1.165) is 10.8 Å². The largest absolute Gasteiger partial charge is 0.255 e. The second-order valence-corrected chi connectivity index (χ2v) is 4.18. The van der Waals surface area contributed by atoms with Gasteiger partial charge in [-0.05, 0) is 24.3 Å². The summed E-state index contributed by atoms with van der Waals surface area (Å²) in [5.41, 5.74) is 1.39. The molecule has 0 radical (unpaired) electrons. The minimum absolute atomic E-state index is 0.551. The van der Waals surface area contributed by atoms with Crippen LogP contribution in [-0.2, 0) is 0 Å². The molecule has 3 aromatic rings. The summed E-state index contributed by atoms with van der Waals surface area (Å²) in [6, 6.07) is 7.49. The maximum absolute atomic E-state index is 6.31. The Balaban J connectivity index is 2.67. The van der Waals surface area contributed by atoms with Crippen molar-refractivity contribution in [2.75, 3.05) is 0 Å². The Morgan fingerprint density at radius 2 is 1.25 bits per heavy atom. The zero-order valence-corrected chi connectivity index (χ0v) is 9.63. The van der Waals surface area contributed by atoms with E-state index in [1.807, 2.05) is 24.3 Å². The number of aromatic nitrogens is 2. The molecule has 2 heterocycles. The van der Waals surface area contributed by atoms with Crippen LogP contribution in [-0.4, -0.2) is 9.97 Å². The number of hydrogen-bond acceptors (Lipinski definition) is 2. The summed E-state index contributed by atoms with van der Waals surface area (Å²) in [4.78, 5) is 8.47. The van der Waals surface area contributed by atoms with Crippen molar-refractivity contribution in [2.24, 2.45) is 0 Å². The van der Waals surface area contributed by atoms with Crippen LogP contribution < -0.4 is 0 Å². The fourth-order valence-electron chi connectivity index (χ4n) is 1.77. The molecule has 2 nitrogen and oxygen atoms in total. The molecular weight excluding hydrogens is 243 g/mol. The molecule has 3 rings (SSSR count). The van der Waals surface area contributed by atoms with Gasteiger partial charge in [-0.2, -0.15) is 0 Å². The number of rotatable bonds is 0. The Kier molecular flexibility index (Phi) is 2.20. The molecule has 0 aliphatic carbocycles. The fraction of sp³-hybridized carbons (Fsp3) is 0. The lowest BCUT2D eigenvalue weighted by atomic mass is 10.1. The van der Waals surface area contributed by atoms with E-state index in [2.05, 4.69) is 9.97 Å². The summed E-state index contributed by atoms with van der Waals surface area (Å²) in [5.74, 6) is 0. The van der Waals surface area contributed by atoms with Gasteiger partial charge in [0.05, 0.1) is 21.1 Å². The summed E-state index contributed by atoms with van der Waals surface area (Å²) in [5, 5.41) is 2.91. The number of pyridine rings is 2. The van der Waals surface area contributed by atoms with Gasteiger partial charge in [-0.15, -0.1) is 0 Å². The molecule has 1 aromatic carbocycles. The van der Waals surface area contributed by atoms with Crippen molar-refractivity contribution in [1.29, 1.82) is 0 Å². The van der Waals surface area contributed by atoms with Gasteiger partial charge in [0.1, 0.15) is 0 Å². The Bertz CT molecular complexity index is 578. The number of benzene rings is 1. The van der Waals surface area contributed by atoms with Crippen LogP contribution in [0.15, 0.2) is 36.7 Å². The Labute approximate surface area is 102 Å². The first-order chi connectivity index (χ1) is 7.79. The Morgan fingerprint density at radius 3 is 1.75 bits per heavy atom. The van der Waals surface area contributed by atoms with E-state index >= 15 is 0 Å². The zero-order chi connectivity index (χ0) is 11.1. The summed E-state index contributed by atoms with van der Waals surface area (Å²) in [6.07, 6.45) is 3.39. The fourth-order valence-corrected chi connectivity index (χ4v) is 2.38. The minimum Gasteiger partial charge on any atom is -0.255 e. The van der Waals surface area contributed by atoms with E-state index in [1.54, 1.807) is 12.4 Å². The smallest absolute Gasteiger partial charge is 0.0932 e. The molecule has 0 unspecified atom stereocenters. The van der Waals surface area contributed by atoms with Crippen LogP contribution in [0.2, 0.25) is 10.0 Å². The van der Waals surface area contributed by atoms with Gasteiger partial charge in [-0.3, -0.25) is 9.97 Å². The molecule has 0 fully saturated rings. The third-order valence-electron chi connectivity index (χ3n) is 2.50. The molecule has 78 valence electrons. The maximum atomic E-state index is 6.31. The average Bonchev–Trinajstić information content (AvgIpc) is 2.36. The second kappa shape index (κ2) is 3.58. The summed E-state index contributed by atoms with van der Waals surface area (Å²) >= 11 is 12.6. The van der Waals surface area contributed by atoms with Crippen LogP contribution >= 0.6 is 23.2 Å². The van der Waals surface area contributed by atoms with Crippen molar-refractivity contribution < 1.29 is 0 Å². The number of nitrogens with zero attached hydrogens (tertiary/aromatic N) is 2. The van der Waals surface area contributed by atoms with Crippen molar-refractivity contribution in [3.8, 4) is 0 Å². The van der Waals surface area contributed by atoms with E-state index in [4.69, 9.17) is 23.2 Å². The molecule has 0 atom stereocenters. The van der Waals surface area contributed by atoms with Crippen molar-refractivity contribution in [3.63, 3.8) is 0 Å². The summed E-state index contributed by atoms with van der Waals surface area (Å²) < 4.78 is 0. The van der Waals surface area contributed by atoms with E-state index in [9.17, 15) is 0 Å². The summed E-state index contributed by atoms with van der Waals surface area (Å²) in [6.45, 7) is 0. The van der Waals surface area contributed by atoms with Crippen molar-refractivity contribution in [3.05, 3.63) is 46.7 Å². The van der Waals surface area contributed by atoms with Crippen LogP contribution in [0.25, 0.3) is 21.8 Å². The standard InChI is InChI=1S/C12H6Cl2N2/c13-9-7-3-1-5-15-11(7)10(14)12-8(9)4-2-6-16-12/h1-6H. The van der Waals surface area contributed by atoms with Gasteiger partial charge < -0.3 is 0 Å². The highest BCUT2D eigenvalue weighted by atomic mass is 35.5. The van der Waals surface area contributed by atoms with E-state index in [-0.39, 0.29) is 0 Å². The van der Waals surface area contributed by atoms with Gasteiger partial charge in [0.15, 0.2) is 0 Å². The monoisotopic (exact) mass is 248 g/mol. The molecule has 0 bridgehead atoms. The topological polar surface area (TPSA) is 25.8 Å². The van der Waals surface area contributed by atoms with Crippen LogP contribution in [0.1, 0.15) is 0 Å². The Hall–Kier alpha value is -1.38. The first-order valence-electron chi connectivity index (χ1n) is 4.75. The van der Waals surface area contributed by atoms with E-state index in [0.29, 0.717) is 21.1 Å². The van der Waals surface area contributed by atoms with Gasteiger partial charge in [-0.25, -0.2) is 0 Å². The molecule has 4 heteroatoms. The lowest BCUT2D eigenvalue weighted by Crippen LogP contribution is -1.86. The second-order valence-electron chi connectivity index (χ2n) is 3.43. The molecule has 0 spiro atoms. The molecule has 0 N–H and O–H groups in total. The van der Waals surface area contributed by atoms with Crippen LogP contribution in [0.4, 0.5) is 0 Å². The Morgan fingerprint density at radius 1 is 0.750 bits per heavy atom. The van der Waals surface area contributed by atoms with Gasteiger partial charge in [-0.1, -0.05) is 23.2 Å². The molecular formula is C12H6Cl2N2. The van der Waals surface area contributed by atoms with Crippen LogP contribution in [0, 0.1) is 0 Å². The highest BCUT2D eigenvalue weighted by Crippen LogP contribution is 2.36. The van der Waals surface area contributed by atoms with Crippen molar-refractivity contribution in [2.45, 2.75) is 0 Å². The van der Waals surface area contributed by atoms with Gasteiger partial charge >= 0.3 is 0 Å². The van der Waals surface area contributed by atoms with Gasteiger partial charge in [0, 0.05) is 23.2 Å². The minimum atomic E-state index is 0.551. The highest BCUT2D eigenvalue weighted by Gasteiger charge is 2.12. The lowest BCUT2D eigenvalue weighted by Gasteiger charge is -2.06. The van der Waals surface area contributed by atoms with Crippen molar-refractivity contribution in [1.82, 2.24) is 9.97 Å². The molecule has 0 amide bonds. The van der Waals surface area contributed by atoms with Crippen LogP contribution in [0.3, 0.4) is 0 Å². The number of hydrogen-bond donors (Lipinski definition) is 0. The molecule has 0 aliphatic rings. The predicted molar refractivity (Wildman–Crippen MR) is 67.1 cm³/mol. The van der Waals surface area contributed by atoms with Gasteiger partial charge in [0.25, 0.3) is 0 Å². The zero-order valence-electron chi connectivity index (χ0n) is 8.11. The molecule has 16 heavy (non-hydrogen) atoms. The molecule has 0 saturated heterocycles. The first kappa shape index (κ1) is 9.82. The quantitative estimate of drug-likeness (QED) is 0.561. The molecule has 0 aliphatic heterocycles.